The van der Waals surface area contributed by atoms with Gasteiger partial charge in [0.25, 0.3) is 5.91 Å². The Balaban J connectivity index is 1.40. The van der Waals surface area contributed by atoms with Crippen LogP contribution < -0.4 is 10.6 Å². The quantitative estimate of drug-likeness (QED) is 0.821. The molecule has 3 heterocycles. The highest BCUT2D eigenvalue weighted by atomic mass is 32.1. The molecule has 0 spiro atoms. The molecule has 2 N–H and O–H groups in total. The van der Waals surface area contributed by atoms with E-state index in [1.165, 1.54) is 4.88 Å². The van der Waals surface area contributed by atoms with E-state index in [-0.39, 0.29) is 5.91 Å². The summed E-state index contributed by atoms with van der Waals surface area (Å²) in [6.45, 7) is 5.79. The van der Waals surface area contributed by atoms with E-state index in [2.05, 4.69) is 33.0 Å². The number of piperidine rings is 2. The zero-order valence-electron chi connectivity index (χ0n) is 14.6. The topological polar surface area (TPSA) is 53.6 Å². The van der Waals surface area contributed by atoms with E-state index in [9.17, 15) is 4.79 Å². The summed E-state index contributed by atoms with van der Waals surface area (Å²) < 4.78 is 5.60. The number of likely N-dealkylation sites (tertiary alicyclic amines) is 1. The van der Waals surface area contributed by atoms with E-state index in [0.29, 0.717) is 5.92 Å². The number of methoxy groups -OCH3 is 1. The predicted molar refractivity (Wildman–Crippen MR) is 97.2 cm³/mol. The van der Waals surface area contributed by atoms with Gasteiger partial charge in [-0.25, -0.2) is 0 Å². The number of carbonyl (C=O) groups is 1. The van der Waals surface area contributed by atoms with Gasteiger partial charge >= 0.3 is 0 Å². The minimum atomic E-state index is -0.620. The number of hydrogen-bond acceptors (Lipinski definition) is 5. The van der Waals surface area contributed by atoms with Crippen LogP contribution in [0.3, 0.4) is 0 Å². The minimum Gasteiger partial charge on any atom is -0.368 e. The summed E-state index contributed by atoms with van der Waals surface area (Å²) in [6.07, 6.45) is 3.84. The zero-order chi connectivity index (χ0) is 16.8. The minimum absolute atomic E-state index is 0.0764. The maximum absolute atomic E-state index is 12.6. The number of rotatable bonds is 6. The first-order valence-electron chi connectivity index (χ1n) is 9.01. The van der Waals surface area contributed by atoms with Crippen molar-refractivity contribution in [1.29, 1.82) is 0 Å². The zero-order valence-corrected chi connectivity index (χ0v) is 15.4. The summed E-state index contributed by atoms with van der Waals surface area (Å²) in [6, 6.07) is 4.33. The highest BCUT2D eigenvalue weighted by Crippen LogP contribution is 2.24. The van der Waals surface area contributed by atoms with E-state index in [1.807, 2.05) is 11.3 Å². The molecule has 2 saturated heterocycles. The Morgan fingerprint density at radius 1 is 1.42 bits per heavy atom. The lowest BCUT2D eigenvalue weighted by Gasteiger charge is -2.36. The van der Waals surface area contributed by atoms with Crippen molar-refractivity contribution in [1.82, 2.24) is 15.5 Å². The van der Waals surface area contributed by atoms with Gasteiger partial charge in [-0.2, -0.15) is 0 Å². The van der Waals surface area contributed by atoms with Gasteiger partial charge in [0.15, 0.2) is 0 Å². The van der Waals surface area contributed by atoms with Gasteiger partial charge in [0.05, 0.1) is 0 Å². The van der Waals surface area contributed by atoms with Gasteiger partial charge in [-0.3, -0.25) is 9.69 Å². The van der Waals surface area contributed by atoms with E-state index in [4.69, 9.17) is 4.74 Å². The molecule has 5 nitrogen and oxygen atoms in total. The van der Waals surface area contributed by atoms with Gasteiger partial charge in [0, 0.05) is 25.1 Å². The van der Waals surface area contributed by atoms with Gasteiger partial charge in [0.1, 0.15) is 5.60 Å². The van der Waals surface area contributed by atoms with Crippen molar-refractivity contribution < 1.29 is 9.53 Å². The van der Waals surface area contributed by atoms with Gasteiger partial charge < -0.3 is 15.4 Å². The molecule has 0 radical (unpaired) electrons. The van der Waals surface area contributed by atoms with Gasteiger partial charge in [-0.05, 0) is 69.2 Å². The molecule has 6 heteroatoms. The molecule has 2 aliphatic rings. The average molecular weight is 352 g/mol. The van der Waals surface area contributed by atoms with Crippen molar-refractivity contribution in [3.63, 3.8) is 0 Å². The first kappa shape index (κ1) is 17.9. The number of nitrogens with one attached hydrogen (secondary N) is 2. The third-order valence-corrected chi connectivity index (χ3v) is 6.29. The normalized spacial score (nSPS) is 22.4. The summed E-state index contributed by atoms with van der Waals surface area (Å²) in [4.78, 5) is 16.6. The molecule has 0 bridgehead atoms. The Labute approximate surface area is 148 Å². The Hall–Kier alpha value is -0.950. The third-order valence-electron chi connectivity index (χ3n) is 5.43. The molecule has 134 valence electrons. The van der Waals surface area contributed by atoms with Gasteiger partial charge in [-0.1, -0.05) is 6.07 Å². The van der Waals surface area contributed by atoms with E-state index in [1.54, 1.807) is 7.11 Å². The Morgan fingerprint density at radius 3 is 2.79 bits per heavy atom. The number of nitrogens with zero attached hydrogens (tertiary/aromatic N) is 1. The first-order chi connectivity index (χ1) is 11.7. The van der Waals surface area contributed by atoms with Crippen molar-refractivity contribution in [2.24, 2.45) is 5.92 Å². The molecule has 24 heavy (non-hydrogen) atoms. The molecule has 1 amide bonds. The fourth-order valence-corrected chi connectivity index (χ4v) is 4.47. The SMILES string of the molecule is COC1(C(=O)NCC2CCN(Cc3cccs3)CC2)CCNCC1. The fraction of sp³-hybridized carbons (Fsp3) is 0.722. The number of carbonyl (C=O) groups excluding carboxylic acids is 1. The number of hydrogen-bond donors (Lipinski definition) is 2. The van der Waals surface area contributed by atoms with Crippen molar-refractivity contribution >= 4 is 17.2 Å². The molecular weight excluding hydrogens is 322 g/mol. The molecule has 0 saturated carbocycles. The maximum Gasteiger partial charge on any atom is 0.252 e. The van der Waals surface area contributed by atoms with Crippen LogP contribution in [-0.2, 0) is 16.1 Å². The number of amides is 1. The summed E-state index contributed by atoms with van der Waals surface area (Å²) in [5.74, 6) is 0.664. The highest BCUT2D eigenvalue weighted by Gasteiger charge is 2.39. The second-order valence-corrected chi connectivity index (χ2v) is 7.99. The summed E-state index contributed by atoms with van der Waals surface area (Å²) in [5, 5.41) is 8.60. The van der Waals surface area contributed by atoms with Crippen LogP contribution in [0, 0.1) is 5.92 Å². The molecule has 2 fully saturated rings. The predicted octanol–water partition coefficient (Wildman–Crippen LogP) is 1.84. The molecule has 2 aliphatic heterocycles. The Kier molecular flexibility index (Phi) is 6.27. The van der Waals surface area contributed by atoms with Crippen LogP contribution in [0.5, 0.6) is 0 Å². The van der Waals surface area contributed by atoms with Gasteiger partial charge in [0.2, 0.25) is 0 Å². The largest absolute Gasteiger partial charge is 0.368 e. The fourth-order valence-electron chi connectivity index (χ4n) is 3.72. The van der Waals surface area contributed by atoms with E-state index >= 15 is 0 Å². The second-order valence-electron chi connectivity index (χ2n) is 6.96. The monoisotopic (exact) mass is 351 g/mol. The average Bonchev–Trinajstić information content (AvgIpc) is 3.14. The van der Waals surface area contributed by atoms with Crippen molar-refractivity contribution in [2.75, 3.05) is 39.8 Å². The molecular formula is C18H29N3O2S. The van der Waals surface area contributed by atoms with Crippen LogP contribution in [-0.4, -0.2) is 56.2 Å². The highest BCUT2D eigenvalue weighted by molar-refractivity contribution is 7.09. The summed E-state index contributed by atoms with van der Waals surface area (Å²) >= 11 is 1.83. The molecule has 3 rings (SSSR count). The lowest BCUT2D eigenvalue weighted by Crippen LogP contribution is -2.55. The third kappa shape index (κ3) is 4.36. The molecule has 0 atom stereocenters. The van der Waals surface area contributed by atoms with Crippen LogP contribution in [0.4, 0.5) is 0 Å². The summed E-state index contributed by atoms with van der Waals surface area (Å²) in [5.41, 5.74) is -0.620. The van der Waals surface area contributed by atoms with E-state index in [0.717, 1.165) is 65.0 Å². The molecule has 1 aromatic heterocycles. The Bertz CT molecular complexity index is 506. The Morgan fingerprint density at radius 2 is 2.17 bits per heavy atom. The smallest absolute Gasteiger partial charge is 0.252 e. The van der Waals surface area contributed by atoms with Crippen LogP contribution in [0.1, 0.15) is 30.6 Å². The van der Waals surface area contributed by atoms with Crippen molar-refractivity contribution in [3.05, 3.63) is 22.4 Å². The first-order valence-corrected chi connectivity index (χ1v) is 9.89. The standard InChI is InChI=1S/C18H29N3O2S/c1-23-18(6-8-19-9-7-18)17(22)20-13-15-4-10-21(11-5-15)14-16-3-2-12-24-16/h2-3,12,15,19H,4-11,13-14H2,1H3,(H,20,22). The van der Waals surface area contributed by atoms with Crippen LogP contribution in [0.2, 0.25) is 0 Å². The lowest BCUT2D eigenvalue weighted by atomic mass is 9.90. The molecule has 1 aromatic rings. The van der Waals surface area contributed by atoms with Crippen LogP contribution in [0.15, 0.2) is 17.5 Å². The van der Waals surface area contributed by atoms with Crippen LogP contribution in [0.25, 0.3) is 0 Å². The lowest BCUT2D eigenvalue weighted by molar-refractivity contribution is -0.147. The number of ether oxygens (including phenoxy) is 1. The maximum atomic E-state index is 12.6. The van der Waals surface area contributed by atoms with E-state index < -0.39 is 5.60 Å². The molecule has 0 aliphatic carbocycles. The number of thiophene rings is 1. The summed E-state index contributed by atoms with van der Waals surface area (Å²) in [7, 11) is 1.66. The van der Waals surface area contributed by atoms with Crippen molar-refractivity contribution in [3.8, 4) is 0 Å². The van der Waals surface area contributed by atoms with Crippen molar-refractivity contribution in [2.45, 2.75) is 37.8 Å². The van der Waals surface area contributed by atoms with Crippen LogP contribution >= 0.6 is 11.3 Å². The molecule has 0 aromatic carbocycles. The second kappa shape index (κ2) is 8.43. The van der Waals surface area contributed by atoms with Gasteiger partial charge in [-0.15, -0.1) is 11.3 Å². The molecule has 0 unspecified atom stereocenters.